The molecule has 7 heteroatoms. The number of amides is 1. The Morgan fingerprint density at radius 3 is 2.83 bits per heavy atom. The van der Waals surface area contributed by atoms with Crippen molar-refractivity contribution in [1.82, 2.24) is 14.5 Å². The molecule has 2 heterocycles. The van der Waals surface area contributed by atoms with Gasteiger partial charge in [0.2, 0.25) is 5.91 Å². The van der Waals surface area contributed by atoms with Gasteiger partial charge in [0.1, 0.15) is 18.1 Å². The van der Waals surface area contributed by atoms with Crippen LogP contribution in [0.5, 0.6) is 5.75 Å². The quantitative estimate of drug-likeness (QED) is 0.675. The molecule has 4 rings (SSSR count). The second-order valence-electron chi connectivity index (χ2n) is 7.47. The molecule has 0 saturated heterocycles. The molecular weight excluding hydrogens is 380 g/mol. The molecule has 156 valence electrons. The Bertz CT molecular complexity index is 1140. The Morgan fingerprint density at radius 2 is 2.03 bits per heavy atom. The number of nitrogens with zero attached hydrogens (tertiary/aromatic N) is 3. The molecule has 0 radical (unpaired) electrons. The van der Waals surface area contributed by atoms with E-state index in [1.54, 1.807) is 12.1 Å². The summed E-state index contributed by atoms with van der Waals surface area (Å²) in [5.41, 5.74) is 2.96. The van der Waals surface area contributed by atoms with E-state index in [1.807, 2.05) is 32.0 Å². The van der Waals surface area contributed by atoms with E-state index in [0.29, 0.717) is 35.5 Å². The van der Waals surface area contributed by atoms with Crippen LogP contribution in [0.15, 0.2) is 41.5 Å². The van der Waals surface area contributed by atoms with Crippen molar-refractivity contribution in [2.75, 3.05) is 11.9 Å². The highest BCUT2D eigenvalue weighted by Crippen LogP contribution is 2.26. The molecule has 1 N–H and O–H groups in total. The first-order valence-electron chi connectivity index (χ1n) is 10.5. The maximum atomic E-state index is 13.2. The predicted molar refractivity (Wildman–Crippen MR) is 116 cm³/mol. The van der Waals surface area contributed by atoms with Gasteiger partial charge < -0.3 is 10.1 Å². The van der Waals surface area contributed by atoms with Crippen molar-refractivity contribution in [1.29, 1.82) is 0 Å². The predicted octanol–water partition coefficient (Wildman–Crippen LogP) is 3.66. The first-order valence-corrected chi connectivity index (χ1v) is 10.5. The average Bonchev–Trinajstić information content (AvgIpc) is 2.76. The molecule has 0 saturated carbocycles. The van der Waals surface area contributed by atoms with Crippen LogP contribution in [0.1, 0.15) is 50.4 Å². The number of aromatic nitrogens is 3. The van der Waals surface area contributed by atoms with Gasteiger partial charge in [-0.15, -0.1) is 0 Å². The average molecular weight is 406 g/mol. The molecular formula is C23H26N4O3. The number of anilines is 1. The zero-order chi connectivity index (χ0) is 21.1. The Morgan fingerprint density at radius 1 is 1.23 bits per heavy atom. The third-order valence-corrected chi connectivity index (χ3v) is 5.52. The Kier molecular flexibility index (Phi) is 5.79. The van der Waals surface area contributed by atoms with Gasteiger partial charge in [-0.25, -0.2) is 9.97 Å². The van der Waals surface area contributed by atoms with Crippen molar-refractivity contribution in [2.24, 2.45) is 0 Å². The molecule has 0 fully saturated rings. The number of hydrogen-bond acceptors (Lipinski definition) is 5. The summed E-state index contributed by atoms with van der Waals surface area (Å²) in [5.74, 6) is 0.321. The van der Waals surface area contributed by atoms with Gasteiger partial charge in [0.15, 0.2) is 5.65 Å². The SMILES string of the molecule is CCOc1ccccc1NC(=O)[C@H](CC)n1cnc2nc3c(cc2c1=O)CCCC3. The van der Waals surface area contributed by atoms with Crippen LogP contribution in [0.3, 0.4) is 0 Å². The fourth-order valence-electron chi connectivity index (χ4n) is 3.98. The second-order valence-corrected chi connectivity index (χ2v) is 7.47. The molecule has 0 aliphatic heterocycles. The van der Waals surface area contributed by atoms with Gasteiger partial charge in [0.05, 0.1) is 17.7 Å². The Hall–Kier alpha value is -3.22. The molecule has 1 aliphatic carbocycles. The fraction of sp³-hybridized carbons (Fsp3) is 0.391. The van der Waals surface area contributed by atoms with E-state index in [2.05, 4.69) is 15.3 Å². The standard InChI is InChI=1S/C23H26N4O3/c1-3-19(22(28)26-18-11-7-8-12-20(18)30-4-2)27-14-24-21-16(23(27)29)13-15-9-5-6-10-17(15)25-21/h7-8,11-14,19H,3-6,9-10H2,1-2H3,(H,26,28)/t19-/m0/s1. The highest BCUT2D eigenvalue weighted by Gasteiger charge is 2.23. The van der Waals surface area contributed by atoms with Gasteiger partial charge >= 0.3 is 0 Å². The van der Waals surface area contributed by atoms with Crippen molar-refractivity contribution in [2.45, 2.75) is 52.0 Å². The number of carbonyl (C=O) groups excluding carboxylic acids is 1. The summed E-state index contributed by atoms with van der Waals surface area (Å²) in [4.78, 5) is 35.3. The highest BCUT2D eigenvalue weighted by atomic mass is 16.5. The summed E-state index contributed by atoms with van der Waals surface area (Å²) >= 11 is 0. The zero-order valence-electron chi connectivity index (χ0n) is 17.4. The number of rotatable bonds is 6. The maximum absolute atomic E-state index is 13.2. The third-order valence-electron chi connectivity index (χ3n) is 5.52. The summed E-state index contributed by atoms with van der Waals surface area (Å²) in [7, 11) is 0. The van der Waals surface area contributed by atoms with E-state index in [-0.39, 0.29) is 11.5 Å². The molecule has 1 aliphatic rings. The molecule has 3 aromatic rings. The molecule has 0 spiro atoms. The lowest BCUT2D eigenvalue weighted by Gasteiger charge is -2.20. The monoisotopic (exact) mass is 406 g/mol. The number of ether oxygens (including phenoxy) is 1. The van der Waals surface area contributed by atoms with Crippen LogP contribution in [0, 0.1) is 0 Å². The molecule has 30 heavy (non-hydrogen) atoms. The molecule has 1 amide bonds. The largest absolute Gasteiger partial charge is 0.492 e. The molecule has 0 unspecified atom stereocenters. The normalized spacial score (nSPS) is 14.2. The molecule has 2 aromatic heterocycles. The first-order chi connectivity index (χ1) is 14.6. The minimum absolute atomic E-state index is 0.235. The van der Waals surface area contributed by atoms with Crippen molar-refractivity contribution < 1.29 is 9.53 Å². The van der Waals surface area contributed by atoms with Gasteiger partial charge in [0.25, 0.3) is 5.56 Å². The van der Waals surface area contributed by atoms with Crippen LogP contribution in [0.2, 0.25) is 0 Å². The number of hydrogen-bond donors (Lipinski definition) is 1. The maximum Gasteiger partial charge on any atom is 0.263 e. The first kappa shape index (κ1) is 20.1. The molecule has 7 nitrogen and oxygen atoms in total. The topological polar surface area (TPSA) is 86.1 Å². The van der Waals surface area contributed by atoms with Crippen LogP contribution in [0.25, 0.3) is 11.0 Å². The number of para-hydroxylation sites is 2. The van der Waals surface area contributed by atoms with E-state index in [0.717, 1.165) is 36.9 Å². The van der Waals surface area contributed by atoms with E-state index in [9.17, 15) is 9.59 Å². The summed E-state index contributed by atoms with van der Waals surface area (Å²) in [6, 6.07) is 8.50. The lowest BCUT2D eigenvalue weighted by atomic mass is 9.95. The molecule has 1 aromatic carbocycles. The van der Waals surface area contributed by atoms with Crippen molar-refractivity contribution in [3.8, 4) is 5.75 Å². The Labute approximate surface area is 175 Å². The van der Waals surface area contributed by atoms with Crippen molar-refractivity contribution >= 4 is 22.6 Å². The summed E-state index contributed by atoms with van der Waals surface area (Å²) in [6.07, 6.45) is 5.97. The lowest BCUT2D eigenvalue weighted by molar-refractivity contribution is -0.119. The van der Waals surface area contributed by atoms with Crippen LogP contribution in [-0.4, -0.2) is 27.0 Å². The van der Waals surface area contributed by atoms with Crippen LogP contribution in [0.4, 0.5) is 5.69 Å². The number of fused-ring (bicyclic) bond motifs is 2. The van der Waals surface area contributed by atoms with Crippen LogP contribution in [-0.2, 0) is 17.6 Å². The highest BCUT2D eigenvalue weighted by molar-refractivity contribution is 5.95. The number of aryl methyl sites for hydroxylation is 2. The van der Waals surface area contributed by atoms with E-state index >= 15 is 0 Å². The molecule has 1 atom stereocenters. The second kappa shape index (κ2) is 8.65. The minimum Gasteiger partial charge on any atom is -0.492 e. The van der Waals surface area contributed by atoms with E-state index in [1.165, 1.54) is 10.9 Å². The minimum atomic E-state index is -0.680. The third kappa shape index (κ3) is 3.79. The van der Waals surface area contributed by atoms with Gasteiger partial charge in [0, 0.05) is 5.69 Å². The summed E-state index contributed by atoms with van der Waals surface area (Å²) < 4.78 is 7.00. The van der Waals surface area contributed by atoms with Gasteiger partial charge in [-0.05, 0) is 62.8 Å². The summed E-state index contributed by atoms with van der Waals surface area (Å²) in [5, 5.41) is 3.37. The van der Waals surface area contributed by atoms with E-state index < -0.39 is 6.04 Å². The van der Waals surface area contributed by atoms with Gasteiger partial charge in [-0.1, -0.05) is 19.1 Å². The van der Waals surface area contributed by atoms with Crippen LogP contribution >= 0.6 is 0 Å². The lowest BCUT2D eigenvalue weighted by Crippen LogP contribution is -2.33. The summed E-state index contributed by atoms with van der Waals surface area (Å²) in [6.45, 7) is 4.26. The van der Waals surface area contributed by atoms with Gasteiger partial charge in [-0.2, -0.15) is 0 Å². The number of carbonyl (C=O) groups is 1. The Balaban J connectivity index is 1.68. The zero-order valence-corrected chi connectivity index (χ0v) is 17.4. The van der Waals surface area contributed by atoms with Crippen LogP contribution < -0.4 is 15.6 Å². The van der Waals surface area contributed by atoms with Gasteiger partial charge in [-0.3, -0.25) is 14.2 Å². The number of benzene rings is 1. The van der Waals surface area contributed by atoms with Crippen molar-refractivity contribution in [3.05, 3.63) is 58.3 Å². The van der Waals surface area contributed by atoms with Crippen molar-refractivity contribution in [3.63, 3.8) is 0 Å². The van der Waals surface area contributed by atoms with E-state index in [4.69, 9.17) is 4.74 Å². The fourth-order valence-corrected chi connectivity index (χ4v) is 3.98. The smallest absolute Gasteiger partial charge is 0.263 e. The molecule has 0 bridgehead atoms. The number of nitrogens with one attached hydrogen (secondary N) is 1. The number of pyridine rings is 1.